The first-order valence-corrected chi connectivity index (χ1v) is 6.06. The molecule has 0 unspecified atom stereocenters. The first-order chi connectivity index (χ1) is 9.15. The lowest BCUT2D eigenvalue weighted by atomic mass is 10.2. The number of hydrogen-bond acceptors (Lipinski definition) is 6. The molecule has 1 aromatic heterocycles. The molecule has 1 aromatic rings. The third-order valence-electron chi connectivity index (χ3n) is 2.33. The van der Waals surface area contributed by atoms with E-state index in [-0.39, 0.29) is 30.3 Å². The number of rotatable bonds is 7. The molecule has 6 heteroatoms. The highest BCUT2D eigenvalue weighted by Crippen LogP contribution is 2.13. The van der Waals surface area contributed by atoms with Gasteiger partial charge < -0.3 is 13.9 Å². The molecule has 6 nitrogen and oxygen atoms in total. The van der Waals surface area contributed by atoms with Crippen LogP contribution in [0.4, 0.5) is 0 Å². The number of ether oxygens (including phenoxy) is 2. The number of carbonyl (C=O) groups is 2. The zero-order valence-electron chi connectivity index (χ0n) is 10.9. The molecule has 0 aliphatic heterocycles. The van der Waals surface area contributed by atoms with Gasteiger partial charge >= 0.3 is 5.97 Å². The molecule has 0 aromatic carbocycles. The van der Waals surface area contributed by atoms with Crippen LogP contribution in [0, 0.1) is 0 Å². The largest absolute Gasteiger partial charge is 0.486 e. The fourth-order valence-corrected chi connectivity index (χ4v) is 1.35. The monoisotopic (exact) mass is 268 g/mol. The molecule has 19 heavy (non-hydrogen) atoms. The molecule has 1 heterocycles. The lowest BCUT2D eigenvalue weighted by molar-refractivity contribution is 0.0520. The molecule has 0 saturated carbocycles. The van der Waals surface area contributed by atoms with Crippen LogP contribution in [0.2, 0.25) is 0 Å². The van der Waals surface area contributed by atoms with E-state index in [0.29, 0.717) is 6.29 Å². The van der Waals surface area contributed by atoms with Crippen molar-refractivity contribution >= 4 is 12.3 Å². The first kappa shape index (κ1) is 14.9. The summed E-state index contributed by atoms with van der Waals surface area (Å²) >= 11 is 0. The van der Waals surface area contributed by atoms with Gasteiger partial charge in [0.15, 0.2) is 6.29 Å². The third kappa shape index (κ3) is 3.67. The first-order valence-electron chi connectivity index (χ1n) is 6.06. The smallest absolute Gasteiger partial charge is 0.345 e. The summed E-state index contributed by atoms with van der Waals surface area (Å²) in [6.45, 7) is 3.99. The maximum absolute atomic E-state index is 12.0. The molecule has 0 saturated heterocycles. The second-order valence-corrected chi connectivity index (χ2v) is 3.71. The molecule has 0 spiro atoms. The Balaban J connectivity index is 3.10. The van der Waals surface area contributed by atoms with Crippen LogP contribution in [0.15, 0.2) is 15.5 Å². The summed E-state index contributed by atoms with van der Waals surface area (Å²) in [6, 6.07) is 0. The molecular weight excluding hydrogens is 252 g/mol. The van der Waals surface area contributed by atoms with Crippen LogP contribution in [0.1, 0.15) is 47.6 Å². The molecular formula is C13H16O6. The fourth-order valence-electron chi connectivity index (χ4n) is 1.35. The summed E-state index contributed by atoms with van der Waals surface area (Å²) in [5.41, 5.74) is -0.971. The van der Waals surface area contributed by atoms with Gasteiger partial charge in [-0.15, -0.1) is 0 Å². The molecule has 0 atom stereocenters. The minimum atomic E-state index is -0.797. The van der Waals surface area contributed by atoms with Gasteiger partial charge in [-0.25, -0.2) is 4.79 Å². The van der Waals surface area contributed by atoms with E-state index in [1.165, 1.54) is 0 Å². The molecule has 0 aliphatic rings. The Morgan fingerprint density at radius 1 is 1.42 bits per heavy atom. The van der Waals surface area contributed by atoms with E-state index in [1.54, 1.807) is 6.92 Å². The minimum Gasteiger partial charge on any atom is -0.486 e. The van der Waals surface area contributed by atoms with Crippen LogP contribution in [-0.2, 0) is 4.74 Å². The molecule has 0 bridgehead atoms. The predicted molar refractivity (Wildman–Crippen MR) is 66.7 cm³/mol. The Morgan fingerprint density at radius 2 is 2.16 bits per heavy atom. The van der Waals surface area contributed by atoms with E-state index in [9.17, 15) is 14.4 Å². The van der Waals surface area contributed by atoms with Gasteiger partial charge in [0.2, 0.25) is 16.9 Å². The summed E-state index contributed by atoms with van der Waals surface area (Å²) < 4.78 is 14.9. The molecule has 0 fully saturated rings. The summed E-state index contributed by atoms with van der Waals surface area (Å²) in [5.74, 6) is -1.27. The highest BCUT2D eigenvalue weighted by molar-refractivity contribution is 5.90. The van der Waals surface area contributed by atoms with Gasteiger partial charge in [-0.1, -0.05) is 13.3 Å². The van der Waals surface area contributed by atoms with E-state index in [2.05, 4.69) is 0 Å². The standard InChI is InChI=1S/C13H16O6/c1-3-5-6-18-12-10(7-14)19-8-9(11(12)15)13(16)17-4-2/h7-8H,3-6H2,1-2H3. The molecule has 0 N–H and O–H groups in total. The van der Waals surface area contributed by atoms with Crippen molar-refractivity contribution in [2.45, 2.75) is 26.7 Å². The lowest BCUT2D eigenvalue weighted by Crippen LogP contribution is -2.20. The van der Waals surface area contributed by atoms with Gasteiger partial charge in [-0.3, -0.25) is 9.59 Å². The van der Waals surface area contributed by atoms with E-state index in [1.807, 2.05) is 6.92 Å². The fraction of sp³-hybridized carbons (Fsp3) is 0.462. The lowest BCUT2D eigenvalue weighted by Gasteiger charge is -2.07. The third-order valence-corrected chi connectivity index (χ3v) is 2.33. The normalized spacial score (nSPS) is 10.0. The number of carbonyl (C=O) groups excluding carboxylic acids is 2. The van der Waals surface area contributed by atoms with Crippen LogP contribution < -0.4 is 10.2 Å². The summed E-state index contributed by atoms with van der Waals surface area (Å²) in [6.07, 6.45) is 2.88. The number of aldehydes is 1. The van der Waals surface area contributed by atoms with E-state index in [4.69, 9.17) is 13.9 Å². The highest BCUT2D eigenvalue weighted by atomic mass is 16.5. The molecule has 0 aliphatic carbocycles. The van der Waals surface area contributed by atoms with Crippen molar-refractivity contribution in [3.05, 3.63) is 27.8 Å². The average molecular weight is 268 g/mol. The van der Waals surface area contributed by atoms with Crippen molar-refractivity contribution in [3.63, 3.8) is 0 Å². The van der Waals surface area contributed by atoms with Gasteiger partial charge in [-0.2, -0.15) is 0 Å². The van der Waals surface area contributed by atoms with E-state index in [0.717, 1.165) is 19.1 Å². The molecule has 104 valence electrons. The van der Waals surface area contributed by atoms with Crippen molar-refractivity contribution in [2.24, 2.45) is 0 Å². The summed E-state index contributed by atoms with van der Waals surface area (Å²) in [4.78, 5) is 34.3. The van der Waals surface area contributed by atoms with Gasteiger partial charge in [0.1, 0.15) is 11.8 Å². The maximum Gasteiger partial charge on any atom is 0.345 e. The van der Waals surface area contributed by atoms with Crippen LogP contribution in [-0.4, -0.2) is 25.5 Å². The zero-order valence-corrected chi connectivity index (χ0v) is 10.9. The molecule has 1 rings (SSSR count). The van der Waals surface area contributed by atoms with Gasteiger partial charge in [0, 0.05) is 0 Å². The van der Waals surface area contributed by atoms with Crippen molar-refractivity contribution in [3.8, 4) is 5.75 Å². The van der Waals surface area contributed by atoms with Crippen molar-refractivity contribution in [2.75, 3.05) is 13.2 Å². The second kappa shape index (κ2) is 7.35. The van der Waals surface area contributed by atoms with Gasteiger partial charge in [-0.05, 0) is 13.3 Å². The van der Waals surface area contributed by atoms with Crippen LogP contribution in [0.25, 0.3) is 0 Å². The number of hydrogen-bond donors (Lipinski definition) is 0. The van der Waals surface area contributed by atoms with Gasteiger partial charge in [0.25, 0.3) is 0 Å². The van der Waals surface area contributed by atoms with Gasteiger partial charge in [0.05, 0.1) is 13.2 Å². The topological polar surface area (TPSA) is 82.8 Å². The Hall–Kier alpha value is -2.11. The predicted octanol–water partition coefficient (Wildman–Crippen LogP) is 1.81. The second-order valence-electron chi connectivity index (χ2n) is 3.71. The van der Waals surface area contributed by atoms with Crippen molar-refractivity contribution in [1.82, 2.24) is 0 Å². The summed E-state index contributed by atoms with van der Waals surface area (Å²) in [5, 5.41) is 0. The Morgan fingerprint density at radius 3 is 2.74 bits per heavy atom. The number of esters is 1. The number of unbranched alkanes of at least 4 members (excludes halogenated alkanes) is 1. The van der Waals surface area contributed by atoms with Crippen LogP contribution in [0.3, 0.4) is 0 Å². The molecule has 0 radical (unpaired) electrons. The minimum absolute atomic E-state index is 0.139. The SMILES string of the molecule is CCCCOc1c(C=O)occ(C(=O)OCC)c1=O. The van der Waals surface area contributed by atoms with Crippen LogP contribution in [0.5, 0.6) is 5.75 Å². The average Bonchev–Trinajstić information content (AvgIpc) is 2.40. The zero-order chi connectivity index (χ0) is 14.3. The van der Waals surface area contributed by atoms with E-state index >= 15 is 0 Å². The van der Waals surface area contributed by atoms with Crippen molar-refractivity contribution in [1.29, 1.82) is 0 Å². The Bertz CT molecular complexity index is 502. The summed E-state index contributed by atoms with van der Waals surface area (Å²) in [7, 11) is 0. The van der Waals surface area contributed by atoms with Crippen molar-refractivity contribution < 1.29 is 23.5 Å². The van der Waals surface area contributed by atoms with E-state index < -0.39 is 11.4 Å². The Kier molecular flexibility index (Phi) is 5.78. The Labute approximate surface area is 110 Å². The maximum atomic E-state index is 12.0. The van der Waals surface area contributed by atoms with Crippen LogP contribution >= 0.6 is 0 Å². The highest BCUT2D eigenvalue weighted by Gasteiger charge is 2.20. The molecule has 0 amide bonds. The quantitative estimate of drug-likeness (QED) is 0.426.